The minimum atomic E-state index is -0.907. The lowest BCUT2D eigenvalue weighted by Crippen LogP contribution is -2.46. The molecule has 2 aromatic rings. The fourth-order valence-corrected chi connectivity index (χ4v) is 6.03. The molecule has 0 saturated heterocycles. The minimum absolute atomic E-state index is 0.00205. The number of hydrogen-bond donors (Lipinski definition) is 2. The standard InChI is InChI=1S/C31H34FNO6/c1-31(2,3)39-30(37)18-7-11-24(32)21(15-18)17-8-12-25(38-4)23(14-17)28(34)33-27-20-10-9-19(26(27)29(35)36)22(20)13-16-5-6-16/h7-8,11-16,19-20,26-27H,5-6,9-10H2,1-4H3,(H,33,34)(H,35,36)/b22-13-/t19?,20?,26-,27?/m0/s1. The maximum atomic E-state index is 14.9. The summed E-state index contributed by atoms with van der Waals surface area (Å²) in [5, 5.41) is 13.0. The number of halogens is 1. The molecular formula is C31H34FNO6. The smallest absolute Gasteiger partial charge is 0.338 e. The SMILES string of the molecule is COc1ccc(-c2cc(C(=O)OC(C)(C)C)ccc2F)cc1C(=O)NC1C2CCC(/C2=C/C2CC2)[C@@H]1C(=O)O. The van der Waals surface area contributed by atoms with Crippen molar-refractivity contribution in [1.82, 2.24) is 5.32 Å². The molecule has 0 radical (unpaired) electrons. The van der Waals surface area contributed by atoms with E-state index in [1.54, 1.807) is 32.9 Å². The number of hydrogen-bond acceptors (Lipinski definition) is 5. The topological polar surface area (TPSA) is 102 Å². The molecule has 206 valence electrons. The average molecular weight is 536 g/mol. The van der Waals surface area contributed by atoms with Gasteiger partial charge in [0.05, 0.1) is 24.2 Å². The second kappa shape index (κ2) is 10.1. The van der Waals surface area contributed by atoms with Gasteiger partial charge in [-0.2, -0.15) is 0 Å². The summed E-state index contributed by atoms with van der Waals surface area (Å²) in [6.45, 7) is 5.25. The number of fused-ring (bicyclic) bond motifs is 2. The molecule has 5 rings (SSSR count). The van der Waals surface area contributed by atoms with Crippen molar-refractivity contribution in [3.05, 3.63) is 65.0 Å². The van der Waals surface area contributed by atoms with E-state index in [9.17, 15) is 23.9 Å². The normalized spacial score (nSPS) is 25.0. The molecule has 3 aliphatic carbocycles. The highest BCUT2D eigenvalue weighted by Gasteiger charge is 2.55. The molecule has 4 atom stereocenters. The molecule has 3 unspecified atom stereocenters. The van der Waals surface area contributed by atoms with E-state index in [4.69, 9.17) is 9.47 Å². The highest BCUT2D eigenvalue weighted by Crippen LogP contribution is 2.54. The van der Waals surface area contributed by atoms with Crippen molar-refractivity contribution in [3.63, 3.8) is 0 Å². The molecule has 3 aliphatic rings. The summed E-state index contributed by atoms with van der Waals surface area (Å²) in [4.78, 5) is 38.4. The van der Waals surface area contributed by atoms with Gasteiger partial charge in [-0.05, 0) is 94.2 Å². The largest absolute Gasteiger partial charge is 0.496 e. The number of benzene rings is 2. The second-order valence-electron chi connectivity index (χ2n) is 11.8. The van der Waals surface area contributed by atoms with E-state index >= 15 is 0 Å². The van der Waals surface area contributed by atoms with E-state index < -0.39 is 41.2 Å². The average Bonchev–Trinajstić information content (AvgIpc) is 3.55. The molecule has 0 heterocycles. The third-order valence-corrected chi connectivity index (χ3v) is 7.89. The van der Waals surface area contributed by atoms with Crippen LogP contribution in [0.2, 0.25) is 0 Å². The minimum Gasteiger partial charge on any atom is -0.496 e. The monoisotopic (exact) mass is 535 g/mol. The Bertz CT molecular complexity index is 1360. The molecule has 7 nitrogen and oxygen atoms in total. The van der Waals surface area contributed by atoms with E-state index in [-0.39, 0.29) is 34.3 Å². The Morgan fingerprint density at radius 3 is 2.38 bits per heavy atom. The number of carbonyl (C=O) groups is 3. The van der Waals surface area contributed by atoms with Crippen LogP contribution in [0.4, 0.5) is 4.39 Å². The Kier molecular flexibility index (Phi) is 6.99. The fraction of sp³-hybridized carbons (Fsp3) is 0.452. The van der Waals surface area contributed by atoms with Crippen molar-refractivity contribution in [2.24, 2.45) is 23.7 Å². The first-order valence-electron chi connectivity index (χ1n) is 13.4. The van der Waals surface area contributed by atoms with Crippen molar-refractivity contribution >= 4 is 17.8 Å². The Balaban J connectivity index is 1.45. The summed E-state index contributed by atoms with van der Waals surface area (Å²) in [5.74, 6) is -2.47. The maximum absolute atomic E-state index is 14.9. The van der Waals surface area contributed by atoms with Crippen LogP contribution in [-0.4, -0.2) is 41.7 Å². The lowest BCUT2D eigenvalue weighted by atomic mass is 9.84. The van der Waals surface area contributed by atoms with Gasteiger partial charge in [0.2, 0.25) is 0 Å². The van der Waals surface area contributed by atoms with E-state index in [1.165, 1.54) is 36.9 Å². The first kappa shape index (κ1) is 26.9. The number of allylic oxidation sites excluding steroid dienone is 1. The molecule has 0 spiro atoms. The van der Waals surface area contributed by atoms with Crippen molar-refractivity contribution in [3.8, 4) is 16.9 Å². The number of ether oxygens (including phenoxy) is 2. The molecule has 8 heteroatoms. The predicted molar refractivity (Wildman–Crippen MR) is 143 cm³/mol. The molecule has 1 amide bonds. The van der Waals surface area contributed by atoms with Gasteiger partial charge >= 0.3 is 11.9 Å². The van der Waals surface area contributed by atoms with Crippen LogP contribution in [0, 0.1) is 29.5 Å². The van der Waals surface area contributed by atoms with Gasteiger partial charge in [-0.1, -0.05) is 17.7 Å². The number of rotatable bonds is 7. The molecule has 3 fully saturated rings. The summed E-state index contributed by atoms with van der Waals surface area (Å²) in [5.41, 5.74) is 1.32. The summed E-state index contributed by atoms with van der Waals surface area (Å²) in [7, 11) is 1.43. The van der Waals surface area contributed by atoms with Gasteiger partial charge in [-0.15, -0.1) is 0 Å². The predicted octanol–water partition coefficient (Wildman–Crippen LogP) is 5.63. The molecule has 39 heavy (non-hydrogen) atoms. The summed E-state index contributed by atoms with van der Waals surface area (Å²) >= 11 is 0. The molecule has 3 saturated carbocycles. The van der Waals surface area contributed by atoms with Gasteiger partial charge < -0.3 is 19.9 Å². The van der Waals surface area contributed by atoms with Crippen molar-refractivity contribution < 1.29 is 33.4 Å². The zero-order valence-corrected chi connectivity index (χ0v) is 22.6. The van der Waals surface area contributed by atoms with Crippen LogP contribution in [0.15, 0.2) is 48.0 Å². The number of methoxy groups -OCH3 is 1. The Morgan fingerprint density at radius 1 is 1.03 bits per heavy atom. The summed E-state index contributed by atoms with van der Waals surface area (Å²) in [6, 6.07) is 8.11. The van der Waals surface area contributed by atoms with Crippen molar-refractivity contribution in [2.45, 2.75) is 58.1 Å². The molecule has 2 aromatic carbocycles. The first-order valence-corrected chi connectivity index (χ1v) is 13.4. The van der Waals surface area contributed by atoms with Gasteiger partial charge in [0.1, 0.15) is 17.2 Å². The third kappa shape index (κ3) is 5.42. The zero-order chi connectivity index (χ0) is 28.1. The van der Waals surface area contributed by atoms with Gasteiger partial charge in [-0.25, -0.2) is 9.18 Å². The molecule has 2 bridgehead atoms. The molecule has 0 aromatic heterocycles. The lowest BCUT2D eigenvalue weighted by Gasteiger charge is -2.28. The highest BCUT2D eigenvalue weighted by atomic mass is 19.1. The number of aliphatic carboxylic acids is 1. The number of carboxylic acids is 1. The van der Waals surface area contributed by atoms with E-state index in [0.717, 1.165) is 25.7 Å². The van der Waals surface area contributed by atoms with Crippen LogP contribution >= 0.6 is 0 Å². The number of carboxylic acid groups (broad SMARTS) is 1. The van der Waals surface area contributed by atoms with E-state index in [2.05, 4.69) is 11.4 Å². The van der Waals surface area contributed by atoms with Crippen LogP contribution in [0.1, 0.15) is 67.2 Å². The summed E-state index contributed by atoms with van der Waals surface area (Å²) < 4.78 is 25.8. The number of amides is 1. The Morgan fingerprint density at radius 2 is 1.74 bits per heavy atom. The molecular weight excluding hydrogens is 501 g/mol. The van der Waals surface area contributed by atoms with Gasteiger partial charge in [-0.3, -0.25) is 9.59 Å². The van der Waals surface area contributed by atoms with Crippen molar-refractivity contribution in [2.75, 3.05) is 7.11 Å². The number of esters is 1. The zero-order valence-electron chi connectivity index (χ0n) is 22.6. The van der Waals surface area contributed by atoms with E-state index in [1.807, 2.05) is 0 Å². The Hall–Kier alpha value is -3.68. The van der Waals surface area contributed by atoms with Gasteiger partial charge in [0.25, 0.3) is 5.91 Å². The number of nitrogens with one attached hydrogen (secondary N) is 1. The molecule has 0 aliphatic heterocycles. The third-order valence-electron chi connectivity index (χ3n) is 7.89. The van der Waals surface area contributed by atoms with E-state index in [0.29, 0.717) is 11.5 Å². The second-order valence-corrected chi connectivity index (χ2v) is 11.8. The molecule has 2 N–H and O–H groups in total. The highest BCUT2D eigenvalue weighted by molar-refractivity contribution is 5.99. The van der Waals surface area contributed by atoms with Gasteiger partial charge in [0.15, 0.2) is 0 Å². The maximum Gasteiger partial charge on any atom is 0.338 e. The van der Waals surface area contributed by atoms with Crippen LogP contribution in [0.25, 0.3) is 11.1 Å². The Labute approximate surface area is 227 Å². The van der Waals surface area contributed by atoms with Gasteiger partial charge in [0, 0.05) is 17.5 Å². The lowest BCUT2D eigenvalue weighted by molar-refractivity contribution is -0.144. The van der Waals surface area contributed by atoms with Crippen molar-refractivity contribution in [1.29, 1.82) is 0 Å². The summed E-state index contributed by atoms with van der Waals surface area (Å²) in [6.07, 6.45) is 6.17. The van der Waals surface area contributed by atoms with Crippen LogP contribution in [0.5, 0.6) is 5.75 Å². The first-order chi connectivity index (χ1) is 18.5. The quantitative estimate of drug-likeness (QED) is 0.352. The fourth-order valence-electron chi connectivity index (χ4n) is 6.03. The number of carbonyl (C=O) groups excluding carboxylic acids is 2. The van der Waals surface area contributed by atoms with Crippen LogP contribution in [0.3, 0.4) is 0 Å². The van der Waals surface area contributed by atoms with Crippen LogP contribution in [-0.2, 0) is 9.53 Å². The van der Waals surface area contributed by atoms with Crippen LogP contribution < -0.4 is 10.1 Å².